The van der Waals surface area contributed by atoms with E-state index in [0.717, 1.165) is 11.1 Å². The predicted octanol–water partition coefficient (Wildman–Crippen LogP) is 0.934. The van der Waals surface area contributed by atoms with Crippen molar-refractivity contribution in [2.45, 2.75) is 19.4 Å². The van der Waals surface area contributed by atoms with Crippen molar-refractivity contribution in [2.75, 3.05) is 12.0 Å². The summed E-state index contributed by atoms with van der Waals surface area (Å²) in [6.45, 7) is 1.99. The fraction of sp³-hybridized carbons (Fsp3) is 0.455. The minimum absolute atomic E-state index is 0.115. The normalized spacial score (nSPS) is 13.7. The first-order valence-corrected chi connectivity index (χ1v) is 7.19. The Morgan fingerprint density at radius 3 is 2.50 bits per heavy atom. The molecular formula is C11H18N2O2S. The summed E-state index contributed by atoms with van der Waals surface area (Å²) in [6, 6.07) is 7.70. The lowest BCUT2D eigenvalue weighted by atomic mass is 10.0. The van der Waals surface area contributed by atoms with E-state index in [1.165, 1.54) is 6.26 Å². The Morgan fingerprint density at radius 2 is 2.00 bits per heavy atom. The van der Waals surface area contributed by atoms with Gasteiger partial charge in [-0.05, 0) is 24.5 Å². The molecule has 4 nitrogen and oxygen atoms in total. The minimum Gasteiger partial charge on any atom is -0.271 e. The first-order valence-electron chi connectivity index (χ1n) is 5.13. The molecule has 0 aliphatic heterocycles. The van der Waals surface area contributed by atoms with Gasteiger partial charge in [0.15, 0.2) is 0 Å². The molecule has 1 aromatic carbocycles. The van der Waals surface area contributed by atoms with Gasteiger partial charge >= 0.3 is 0 Å². The molecule has 1 atom stereocenters. The van der Waals surface area contributed by atoms with Gasteiger partial charge in [-0.1, -0.05) is 24.3 Å². The highest BCUT2D eigenvalue weighted by molar-refractivity contribution is 7.90. The molecular weight excluding hydrogens is 224 g/mol. The third kappa shape index (κ3) is 3.92. The lowest BCUT2D eigenvalue weighted by molar-refractivity contribution is 0.529. The zero-order valence-corrected chi connectivity index (χ0v) is 10.4. The van der Waals surface area contributed by atoms with Crippen molar-refractivity contribution in [3.8, 4) is 0 Å². The molecule has 0 spiro atoms. The molecule has 0 aliphatic carbocycles. The molecule has 0 amide bonds. The monoisotopic (exact) mass is 242 g/mol. The maximum atomic E-state index is 11.1. The van der Waals surface area contributed by atoms with Crippen LogP contribution in [0.5, 0.6) is 0 Å². The van der Waals surface area contributed by atoms with Crippen molar-refractivity contribution in [1.29, 1.82) is 0 Å². The average Bonchev–Trinajstić information content (AvgIpc) is 2.20. The van der Waals surface area contributed by atoms with E-state index < -0.39 is 9.84 Å². The Kier molecular flexibility index (Phi) is 4.46. The van der Waals surface area contributed by atoms with E-state index >= 15 is 0 Å². The lowest BCUT2D eigenvalue weighted by Crippen LogP contribution is -2.30. The van der Waals surface area contributed by atoms with E-state index in [9.17, 15) is 8.42 Å². The van der Waals surface area contributed by atoms with E-state index in [1.807, 2.05) is 31.2 Å². The molecule has 16 heavy (non-hydrogen) atoms. The standard InChI is InChI=1S/C11H18N2O2S/c1-9-5-3-4-6-10(9)11(13-12)7-8-16(2,14)15/h3-6,11,13H,7-8,12H2,1-2H3. The van der Waals surface area contributed by atoms with Gasteiger partial charge in [-0.3, -0.25) is 11.3 Å². The molecule has 5 heteroatoms. The number of benzene rings is 1. The molecule has 0 bridgehead atoms. The summed E-state index contributed by atoms with van der Waals surface area (Å²) in [5.74, 6) is 5.59. The van der Waals surface area contributed by atoms with Gasteiger partial charge in [-0.15, -0.1) is 0 Å². The second kappa shape index (κ2) is 5.43. The molecule has 1 unspecified atom stereocenters. The highest BCUT2D eigenvalue weighted by atomic mass is 32.2. The summed E-state index contributed by atoms with van der Waals surface area (Å²) in [4.78, 5) is 0. The number of hydrogen-bond donors (Lipinski definition) is 2. The predicted molar refractivity (Wildman–Crippen MR) is 65.6 cm³/mol. The average molecular weight is 242 g/mol. The fourth-order valence-electron chi connectivity index (χ4n) is 1.64. The SMILES string of the molecule is Cc1ccccc1C(CCS(C)(=O)=O)NN. The minimum atomic E-state index is -2.95. The van der Waals surface area contributed by atoms with Crippen LogP contribution >= 0.6 is 0 Å². The molecule has 1 aromatic rings. The molecule has 0 fully saturated rings. The summed E-state index contributed by atoms with van der Waals surface area (Å²) in [7, 11) is -2.95. The van der Waals surface area contributed by atoms with Gasteiger partial charge < -0.3 is 0 Å². The van der Waals surface area contributed by atoms with E-state index in [4.69, 9.17) is 5.84 Å². The van der Waals surface area contributed by atoms with Crippen LogP contribution in [-0.4, -0.2) is 20.4 Å². The van der Waals surface area contributed by atoms with Crippen LogP contribution in [0.1, 0.15) is 23.6 Å². The number of hydrazine groups is 1. The summed E-state index contributed by atoms with van der Waals surface area (Å²) >= 11 is 0. The Hall–Kier alpha value is -0.910. The molecule has 3 N–H and O–H groups in total. The summed E-state index contributed by atoms with van der Waals surface area (Å²) in [6.07, 6.45) is 1.72. The van der Waals surface area contributed by atoms with Crippen LogP contribution in [0.3, 0.4) is 0 Å². The van der Waals surface area contributed by atoms with E-state index in [2.05, 4.69) is 5.43 Å². The largest absolute Gasteiger partial charge is 0.271 e. The maximum Gasteiger partial charge on any atom is 0.147 e. The summed E-state index contributed by atoms with van der Waals surface area (Å²) in [5, 5.41) is 0. The third-order valence-corrected chi connectivity index (χ3v) is 3.52. The van der Waals surface area contributed by atoms with Crippen LogP contribution in [0, 0.1) is 6.92 Å². The Morgan fingerprint density at radius 1 is 1.38 bits per heavy atom. The van der Waals surface area contributed by atoms with Gasteiger partial charge in [0.2, 0.25) is 0 Å². The molecule has 0 aromatic heterocycles. The molecule has 0 saturated heterocycles. The number of nitrogens with one attached hydrogen (secondary N) is 1. The van der Waals surface area contributed by atoms with Crippen LogP contribution in [0.2, 0.25) is 0 Å². The summed E-state index contributed by atoms with van der Waals surface area (Å²) in [5.41, 5.74) is 4.83. The first kappa shape index (κ1) is 13.2. The number of nitrogens with two attached hydrogens (primary N) is 1. The number of aryl methyl sites for hydroxylation is 1. The van der Waals surface area contributed by atoms with Crippen molar-refractivity contribution >= 4 is 9.84 Å². The van der Waals surface area contributed by atoms with Crippen LogP contribution in [-0.2, 0) is 9.84 Å². The van der Waals surface area contributed by atoms with Gasteiger partial charge in [0, 0.05) is 12.3 Å². The third-order valence-electron chi connectivity index (χ3n) is 2.54. The molecule has 0 aliphatic rings. The zero-order valence-electron chi connectivity index (χ0n) is 9.60. The van der Waals surface area contributed by atoms with Gasteiger partial charge in [-0.25, -0.2) is 8.42 Å². The van der Waals surface area contributed by atoms with Crippen LogP contribution < -0.4 is 11.3 Å². The van der Waals surface area contributed by atoms with E-state index in [0.29, 0.717) is 6.42 Å². The quantitative estimate of drug-likeness (QED) is 0.595. The van der Waals surface area contributed by atoms with Crippen molar-refractivity contribution in [3.05, 3.63) is 35.4 Å². The van der Waals surface area contributed by atoms with E-state index in [-0.39, 0.29) is 11.8 Å². The molecule has 0 heterocycles. The van der Waals surface area contributed by atoms with Gasteiger partial charge in [0.25, 0.3) is 0 Å². The van der Waals surface area contributed by atoms with E-state index in [1.54, 1.807) is 0 Å². The fourth-order valence-corrected chi connectivity index (χ4v) is 2.30. The molecule has 0 radical (unpaired) electrons. The Balaban J connectivity index is 2.79. The van der Waals surface area contributed by atoms with Gasteiger partial charge in [0.05, 0.1) is 5.75 Å². The first-order chi connectivity index (χ1) is 7.44. The second-order valence-corrected chi connectivity index (χ2v) is 6.25. The second-order valence-electron chi connectivity index (χ2n) is 3.99. The summed E-state index contributed by atoms with van der Waals surface area (Å²) < 4.78 is 22.2. The number of hydrogen-bond acceptors (Lipinski definition) is 4. The molecule has 90 valence electrons. The molecule has 1 rings (SSSR count). The van der Waals surface area contributed by atoms with Crippen molar-refractivity contribution in [1.82, 2.24) is 5.43 Å². The smallest absolute Gasteiger partial charge is 0.147 e. The van der Waals surface area contributed by atoms with Crippen molar-refractivity contribution < 1.29 is 8.42 Å². The van der Waals surface area contributed by atoms with Crippen LogP contribution in [0.15, 0.2) is 24.3 Å². The molecule has 0 saturated carbocycles. The van der Waals surface area contributed by atoms with Crippen LogP contribution in [0.25, 0.3) is 0 Å². The topological polar surface area (TPSA) is 72.2 Å². The highest BCUT2D eigenvalue weighted by Crippen LogP contribution is 2.20. The lowest BCUT2D eigenvalue weighted by Gasteiger charge is -2.17. The number of rotatable bonds is 5. The zero-order chi connectivity index (χ0) is 12.2. The maximum absolute atomic E-state index is 11.1. The van der Waals surface area contributed by atoms with Crippen molar-refractivity contribution in [2.24, 2.45) is 5.84 Å². The van der Waals surface area contributed by atoms with Gasteiger partial charge in [0.1, 0.15) is 9.84 Å². The highest BCUT2D eigenvalue weighted by Gasteiger charge is 2.14. The number of sulfone groups is 1. The van der Waals surface area contributed by atoms with Crippen molar-refractivity contribution in [3.63, 3.8) is 0 Å². The van der Waals surface area contributed by atoms with Crippen LogP contribution in [0.4, 0.5) is 0 Å². The van der Waals surface area contributed by atoms with Gasteiger partial charge in [-0.2, -0.15) is 0 Å². The Labute approximate surface area is 96.7 Å². The Bertz CT molecular complexity index is 443.